The summed E-state index contributed by atoms with van der Waals surface area (Å²) >= 11 is 0. The summed E-state index contributed by atoms with van der Waals surface area (Å²) in [6.45, 7) is -0.889. The average molecular weight is 383 g/mol. The first kappa shape index (κ1) is 21.4. The lowest BCUT2D eigenvalue weighted by Crippen LogP contribution is -2.63. The van der Waals surface area contributed by atoms with E-state index < -0.39 is 73.7 Å². The van der Waals surface area contributed by atoms with Gasteiger partial charge in [0.15, 0.2) is 18.7 Å². The Labute approximate surface area is 148 Å². The van der Waals surface area contributed by atoms with Crippen molar-refractivity contribution in [1.82, 2.24) is 5.32 Å². The third-order valence-electron chi connectivity index (χ3n) is 4.68. The van der Waals surface area contributed by atoms with Gasteiger partial charge in [0.1, 0.15) is 24.4 Å². The quantitative estimate of drug-likeness (QED) is 0.218. The van der Waals surface area contributed by atoms with E-state index in [0.717, 1.165) is 0 Å². The molecule has 2 saturated heterocycles. The van der Waals surface area contributed by atoms with Crippen LogP contribution in [0, 0.1) is 5.92 Å². The van der Waals surface area contributed by atoms with Crippen LogP contribution in [-0.4, -0.2) is 117 Å². The number of aliphatic hydroxyl groups excluding tert-OH is 6. The van der Waals surface area contributed by atoms with Crippen LogP contribution in [0.3, 0.4) is 0 Å². The van der Waals surface area contributed by atoms with Crippen molar-refractivity contribution in [3.63, 3.8) is 0 Å². The van der Waals surface area contributed by atoms with E-state index in [0.29, 0.717) is 0 Å². The maximum Gasteiger partial charge on any atom is 0.335 e. The molecule has 2 aliphatic rings. The Balaban J connectivity index is 2.07. The van der Waals surface area contributed by atoms with Gasteiger partial charge in [0.2, 0.25) is 0 Å². The van der Waals surface area contributed by atoms with Crippen LogP contribution in [0.4, 0.5) is 0 Å². The Morgan fingerprint density at radius 1 is 1.04 bits per heavy atom. The van der Waals surface area contributed by atoms with Gasteiger partial charge in [0.05, 0.1) is 25.4 Å². The van der Waals surface area contributed by atoms with Gasteiger partial charge in [-0.05, 0) is 7.05 Å². The number of hydrogen-bond acceptors (Lipinski definition) is 11. The maximum absolute atomic E-state index is 11.1. The van der Waals surface area contributed by atoms with Gasteiger partial charge in [-0.15, -0.1) is 0 Å². The normalized spacial score (nSPS) is 46.9. The van der Waals surface area contributed by atoms with Crippen LogP contribution in [-0.2, 0) is 19.0 Å². The Morgan fingerprint density at radius 3 is 2.23 bits per heavy atom. The molecular weight excluding hydrogens is 358 g/mol. The molecule has 12 heteroatoms. The van der Waals surface area contributed by atoms with Crippen molar-refractivity contribution in [3.8, 4) is 0 Å². The van der Waals surface area contributed by atoms with Crippen molar-refractivity contribution >= 4 is 5.97 Å². The number of aliphatic carboxylic acids is 1. The van der Waals surface area contributed by atoms with Gasteiger partial charge in [-0.3, -0.25) is 0 Å². The highest BCUT2D eigenvalue weighted by atomic mass is 16.7. The molecule has 0 aromatic heterocycles. The van der Waals surface area contributed by atoms with E-state index in [1.165, 1.54) is 7.05 Å². The summed E-state index contributed by atoms with van der Waals surface area (Å²) in [5, 5.41) is 70.5. The summed E-state index contributed by atoms with van der Waals surface area (Å²) in [6, 6.07) is -0.792. The zero-order valence-corrected chi connectivity index (χ0v) is 14.0. The van der Waals surface area contributed by atoms with Crippen LogP contribution >= 0.6 is 0 Å². The molecule has 0 amide bonds. The predicted octanol–water partition coefficient (Wildman–Crippen LogP) is -4.83. The zero-order valence-electron chi connectivity index (χ0n) is 14.0. The van der Waals surface area contributed by atoms with Gasteiger partial charge < -0.3 is 55.3 Å². The first-order valence-electron chi connectivity index (χ1n) is 8.06. The Morgan fingerprint density at radius 2 is 1.69 bits per heavy atom. The van der Waals surface area contributed by atoms with Crippen LogP contribution in [0.15, 0.2) is 0 Å². The van der Waals surface area contributed by atoms with Crippen molar-refractivity contribution in [2.75, 3.05) is 20.3 Å². The fourth-order valence-corrected chi connectivity index (χ4v) is 3.15. The topological polar surface area (TPSA) is 198 Å². The van der Waals surface area contributed by atoms with Crippen LogP contribution in [0.2, 0.25) is 0 Å². The van der Waals surface area contributed by atoms with Gasteiger partial charge >= 0.3 is 5.97 Å². The molecule has 152 valence electrons. The van der Waals surface area contributed by atoms with E-state index in [1.54, 1.807) is 0 Å². The first-order chi connectivity index (χ1) is 12.2. The van der Waals surface area contributed by atoms with Crippen molar-refractivity contribution in [2.45, 2.75) is 55.2 Å². The molecule has 8 N–H and O–H groups in total. The second-order valence-corrected chi connectivity index (χ2v) is 6.28. The summed E-state index contributed by atoms with van der Waals surface area (Å²) in [4.78, 5) is 11.1. The molecule has 4 unspecified atom stereocenters. The summed E-state index contributed by atoms with van der Waals surface area (Å²) in [5.74, 6) is -2.36. The minimum absolute atomic E-state index is 0.333. The van der Waals surface area contributed by atoms with Gasteiger partial charge in [0, 0.05) is 5.92 Å². The molecule has 2 rings (SSSR count). The smallest absolute Gasteiger partial charge is 0.335 e. The number of aliphatic hydroxyl groups is 6. The third kappa shape index (κ3) is 4.14. The molecule has 2 aliphatic heterocycles. The Hall–Kier alpha value is -0.930. The minimum atomic E-state index is -1.85. The number of nitrogens with one attached hydrogen (secondary N) is 1. The number of ether oxygens (including phenoxy) is 3. The highest BCUT2D eigenvalue weighted by molar-refractivity contribution is 5.73. The highest BCUT2D eigenvalue weighted by Crippen LogP contribution is 2.28. The van der Waals surface area contributed by atoms with Crippen LogP contribution in [0.1, 0.15) is 0 Å². The number of likely N-dealkylation sites (N-methyl/N-ethyl adjacent to an activating group) is 1. The number of carbonyl (C=O) groups is 1. The Kier molecular flexibility index (Phi) is 7.27. The van der Waals surface area contributed by atoms with Crippen LogP contribution < -0.4 is 5.32 Å². The lowest BCUT2D eigenvalue weighted by atomic mass is 9.88. The van der Waals surface area contributed by atoms with E-state index in [2.05, 4.69) is 5.32 Å². The molecule has 0 aromatic carbocycles. The molecule has 0 saturated carbocycles. The largest absolute Gasteiger partial charge is 0.479 e. The molecule has 0 radical (unpaired) electrons. The fraction of sp³-hybridized carbons (Fsp3) is 0.929. The van der Waals surface area contributed by atoms with Crippen LogP contribution in [0.5, 0.6) is 0 Å². The third-order valence-corrected chi connectivity index (χ3v) is 4.68. The predicted molar refractivity (Wildman–Crippen MR) is 80.6 cm³/mol. The Bertz CT molecular complexity index is 480. The van der Waals surface area contributed by atoms with E-state index >= 15 is 0 Å². The number of carboxylic acid groups (broad SMARTS) is 1. The summed E-state index contributed by atoms with van der Waals surface area (Å²) in [5.41, 5.74) is 0. The fourth-order valence-electron chi connectivity index (χ4n) is 3.15. The summed E-state index contributed by atoms with van der Waals surface area (Å²) in [6.07, 6.45) is -12.5. The highest BCUT2D eigenvalue weighted by Gasteiger charge is 2.49. The molecule has 2 heterocycles. The second-order valence-electron chi connectivity index (χ2n) is 6.28. The van der Waals surface area contributed by atoms with Gasteiger partial charge in [0.25, 0.3) is 0 Å². The molecule has 2 fully saturated rings. The summed E-state index contributed by atoms with van der Waals surface area (Å²) in [7, 11) is 1.50. The molecule has 12 nitrogen and oxygen atoms in total. The molecule has 26 heavy (non-hydrogen) atoms. The van der Waals surface area contributed by atoms with E-state index in [-0.39, 0.29) is 6.61 Å². The van der Waals surface area contributed by atoms with Crippen molar-refractivity contribution in [3.05, 3.63) is 0 Å². The molecule has 0 aromatic rings. The SMILES string of the molecule is CNC1[C@H](O)OC(CO)[C@H](O)[C@@H]1CO[C@@H]1OC(C(=O)O)[C@H](O)[C@H](O)C1O. The van der Waals surface area contributed by atoms with E-state index in [9.17, 15) is 35.4 Å². The summed E-state index contributed by atoms with van der Waals surface area (Å²) < 4.78 is 15.4. The van der Waals surface area contributed by atoms with Crippen molar-refractivity contribution in [1.29, 1.82) is 0 Å². The molecule has 10 atom stereocenters. The van der Waals surface area contributed by atoms with Gasteiger partial charge in [-0.2, -0.15) is 0 Å². The number of hydrogen-bond donors (Lipinski definition) is 8. The average Bonchev–Trinajstić information content (AvgIpc) is 2.60. The van der Waals surface area contributed by atoms with Crippen molar-refractivity contribution in [2.24, 2.45) is 5.92 Å². The minimum Gasteiger partial charge on any atom is -0.479 e. The van der Waals surface area contributed by atoms with E-state index in [4.69, 9.17) is 19.3 Å². The number of carboxylic acids is 1. The molecule has 0 aliphatic carbocycles. The monoisotopic (exact) mass is 383 g/mol. The van der Waals surface area contributed by atoms with Gasteiger partial charge in [-0.1, -0.05) is 0 Å². The van der Waals surface area contributed by atoms with Gasteiger partial charge in [-0.25, -0.2) is 4.79 Å². The molecule has 0 bridgehead atoms. The maximum atomic E-state index is 11.1. The zero-order chi connectivity index (χ0) is 19.6. The first-order valence-corrected chi connectivity index (χ1v) is 8.06. The van der Waals surface area contributed by atoms with Crippen LogP contribution in [0.25, 0.3) is 0 Å². The second kappa shape index (κ2) is 8.84. The molecular formula is C14H25NO11. The van der Waals surface area contributed by atoms with E-state index in [1.807, 2.05) is 0 Å². The lowest BCUT2D eigenvalue weighted by molar-refractivity contribution is -0.305. The van der Waals surface area contributed by atoms with Crippen molar-refractivity contribution < 1.29 is 54.8 Å². The molecule has 0 spiro atoms. The standard InChI is InChI=1S/C14H25NO11/c1-15-6-4(7(17)5(2-16)25-13(6)23)3-24-14-10(20)8(18)9(19)11(26-14)12(21)22/h4-11,13-20,23H,2-3H2,1H3,(H,21,22)/t4-,5?,6?,7-,8+,9-,10?,11?,13-,14-/m1/s1. The lowest BCUT2D eigenvalue weighted by Gasteiger charge is -2.44. The number of rotatable bonds is 6.